The van der Waals surface area contributed by atoms with Gasteiger partial charge in [0.1, 0.15) is 19.0 Å². The van der Waals surface area contributed by atoms with E-state index in [0.717, 1.165) is 74.3 Å². The van der Waals surface area contributed by atoms with E-state index < -0.39 is 0 Å². The first-order valence-corrected chi connectivity index (χ1v) is 14.2. The number of anilines is 2. The van der Waals surface area contributed by atoms with Gasteiger partial charge >= 0.3 is 0 Å². The Hall–Kier alpha value is -3.71. The molecule has 3 aliphatic rings. The van der Waals surface area contributed by atoms with Crippen molar-refractivity contribution in [1.82, 2.24) is 4.90 Å². The first kappa shape index (κ1) is 25.6. The van der Waals surface area contributed by atoms with Gasteiger partial charge in [-0.2, -0.15) is 0 Å². The average Bonchev–Trinajstić information content (AvgIpc) is 2.99. The molecule has 6 rings (SSSR count). The number of ether oxygens (including phenoxy) is 3. The fourth-order valence-corrected chi connectivity index (χ4v) is 5.95. The van der Waals surface area contributed by atoms with Gasteiger partial charge in [0, 0.05) is 51.4 Å². The van der Waals surface area contributed by atoms with Crippen molar-refractivity contribution in [2.24, 2.45) is 5.92 Å². The summed E-state index contributed by atoms with van der Waals surface area (Å²) >= 11 is 0. The fourth-order valence-electron chi connectivity index (χ4n) is 5.95. The Labute approximate surface area is 230 Å². The van der Waals surface area contributed by atoms with Crippen molar-refractivity contribution in [3.63, 3.8) is 0 Å². The first-order valence-electron chi connectivity index (χ1n) is 14.2. The average molecular weight is 528 g/mol. The molecule has 0 bridgehead atoms. The molecule has 0 aliphatic carbocycles. The number of nitrogens with zero attached hydrogens (tertiary/aromatic N) is 3. The van der Waals surface area contributed by atoms with Crippen LogP contribution < -0.4 is 24.0 Å². The molecule has 1 fully saturated rings. The van der Waals surface area contributed by atoms with Crippen LogP contribution in [-0.4, -0.2) is 69.9 Å². The van der Waals surface area contributed by atoms with Crippen LogP contribution in [0, 0.1) is 5.92 Å². The molecule has 1 saturated heterocycles. The monoisotopic (exact) mass is 527 g/mol. The second-order valence-electron chi connectivity index (χ2n) is 10.6. The number of piperazine rings is 1. The molecule has 3 aromatic carbocycles. The molecule has 0 saturated carbocycles. The van der Waals surface area contributed by atoms with E-state index in [2.05, 4.69) is 34.1 Å². The normalized spacial score (nSPS) is 18.9. The molecule has 7 nitrogen and oxygen atoms in total. The molecule has 204 valence electrons. The topological polar surface area (TPSA) is 54.5 Å². The van der Waals surface area contributed by atoms with Crippen LogP contribution in [-0.2, 0) is 11.2 Å². The molecule has 1 unspecified atom stereocenters. The molecule has 0 N–H and O–H groups in total. The van der Waals surface area contributed by atoms with Gasteiger partial charge in [-0.15, -0.1) is 0 Å². The quantitative estimate of drug-likeness (QED) is 0.398. The number of amides is 1. The van der Waals surface area contributed by atoms with Crippen molar-refractivity contribution in [1.29, 1.82) is 0 Å². The number of fused-ring (bicyclic) bond motifs is 2. The summed E-state index contributed by atoms with van der Waals surface area (Å²) in [5.74, 6) is 3.17. The number of rotatable bonds is 8. The van der Waals surface area contributed by atoms with Gasteiger partial charge in [-0.25, -0.2) is 0 Å². The molecule has 3 aliphatic heterocycles. The predicted octanol–water partition coefficient (Wildman–Crippen LogP) is 4.64. The number of carbonyl (C=O) groups excluding carboxylic acids is 1. The zero-order valence-corrected chi connectivity index (χ0v) is 22.5. The highest BCUT2D eigenvalue weighted by atomic mass is 16.6. The van der Waals surface area contributed by atoms with Crippen LogP contribution in [0.25, 0.3) is 0 Å². The lowest BCUT2D eigenvalue weighted by Gasteiger charge is -2.41. The van der Waals surface area contributed by atoms with Crippen molar-refractivity contribution >= 4 is 17.3 Å². The summed E-state index contributed by atoms with van der Waals surface area (Å²) in [6.07, 6.45) is 2.20. The third-order valence-corrected chi connectivity index (χ3v) is 7.85. The highest BCUT2D eigenvalue weighted by Gasteiger charge is 2.31. The summed E-state index contributed by atoms with van der Waals surface area (Å²) in [5.41, 5.74) is 3.48. The standard InChI is InChI=1S/C32H37N3O4/c36-31(14-7-19-37-27-9-2-1-3-10-27)35-24-25(22-26-8-4-5-11-28(26)35)23-33-15-17-34(18-16-33)29-12-6-13-30-32(29)39-21-20-38-30/h1-6,8-13,25H,7,14-24H2. The molecular weight excluding hydrogens is 490 g/mol. The number of carbonyl (C=O) groups is 1. The molecule has 3 aromatic rings. The molecule has 0 aromatic heterocycles. The Balaban J connectivity index is 1.04. The summed E-state index contributed by atoms with van der Waals surface area (Å²) in [4.78, 5) is 20.3. The molecule has 3 heterocycles. The summed E-state index contributed by atoms with van der Waals surface area (Å²) in [6.45, 7) is 7.41. The lowest BCUT2D eigenvalue weighted by Crippen LogP contribution is -2.50. The molecular formula is C32H37N3O4. The van der Waals surface area contributed by atoms with Crippen LogP contribution in [0.5, 0.6) is 17.2 Å². The van der Waals surface area contributed by atoms with Crippen molar-refractivity contribution in [2.75, 3.05) is 68.9 Å². The predicted molar refractivity (Wildman–Crippen MR) is 153 cm³/mol. The van der Waals surface area contributed by atoms with Crippen LogP contribution in [0.3, 0.4) is 0 Å². The van der Waals surface area contributed by atoms with Crippen LogP contribution >= 0.6 is 0 Å². The van der Waals surface area contributed by atoms with E-state index in [1.165, 1.54) is 5.56 Å². The van der Waals surface area contributed by atoms with E-state index in [1.54, 1.807) is 0 Å². The number of hydrogen-bond donors (Lipinski definition) is 0. The summed E-state index contributed by atoms with van der Waals surface area (Å²) < 4.78 is 17.6. The summed E-state index contributed by atoms with van der Waals surface area (Å²) in [6, 6.07) is 24.4. The lowest BCUT2D eigenvalue weighted by molar-refractivity contribution is -0.119. The Morgan fingerprint density at radius 3 is 2.49 bits per heavy atom. The maximum atomic E-state index is 13.4. The van der Waals surface area contributed by atoms with Crippen molar-refractivity contribution in [3.8, 4) is 17.2 Å². The van der Waals surface area contributed by atoms with E-state index in [4.69, 9.17) is 14.2 Å². The highest BCUT2D eigenvalue weighted by Crippen LogP contribution is 2.40. The van der Waals surface area contributed by atoms with Gasteiger partial charge in [0.15, 0.2) is 11.5 Å². The third kappa shape index (κ3) is 5.98. The van der Waals surface area contributed by atoms with Gasteiger partial charge < -0.3 is 24.0 Å². The molecule has 0 spiro atoms. The summed E-state index contributed by atoms with van der Waals surface area (Å²) in [5, 5.41) is 0. The Morgan fingerprint density at radius 1 is 0.846 bits per heavy atom. The zero-order valence-electron chi connectivity index (χ0n) is 22.5. The number of para-hydroxylation sites is 3. The third-order valence-electron chi connectivity index (χ3n) is 7.85. The Morgan fingerprint density at radius 2 is 1.62 bits per heavy atom. The van der Waals surface area contributed by atoms with Gasteiger partial charge in [0.2, 0.25) is 5.91 Å². The minimum atomic E-state index is 0.185. The van der Waals surface area contributed by atoms with Gasteiger partial charge in [0.05, 0.1) is 12.3 Å². The Kier molecular flexibility index (Phi) is 7.86. The second kappa shape index (κ2) is 12.0. The van der Waals surface area contributed by atoms with Crippen molar-refractivity contribution < 1.29 is 19.0 Å². The molecule has 1 atom stereocenters. The molecule has 0 radical (unpaired) electrons. The van der Waals surface area contributed by atoms with Gasteiger partial charge in [0.25, 0.3) is 0 Å². The smallest absolute Gasteiger partial charge is 0.227 e. The van der Waals surface area contributed by atoms with Crippen LogP contribution in [0.1, 0.15) is 18.4 Å². The first-order chi connectivity index (χ1) is 19.2. The largest absolute Gasteiger partial charge is 0.494 e. The van der Waals surface area contributed by atoms with Gasteiger partial charge in [-0.3, -0.25) is 9.69 Å². The Bertz CT molecular complexity index is 1260. The van der Waals surface area contributed by atoms with Crippen molar-refractivity contribution in [2.45, 2.75) is 19.3 Å². The van der Waals surface area contributed by atoms with E-state index in [1.807, 2.05) is 53.4 Å². The van der Waals surface area contributed by atoms with E-state index >= 15 is 0 Å². The fraction of sp³-hybridized carbons (Fsp3) is 0.406. The minimum absolute atomic E-state index is 0.185. The molecule has 39 heavy (non-hydrogen) atoms. The van der Waals surface area contributed by atoms with Gasteiger partial charge in [-0.1, -0.05) is 42.5 Å². The molecule has 7 heteroatoms. The van der Waals surface area contributed by atoms with E-state index in [0.29, 0.717) is 38.6 Å². The summed E-state index contributed by atoms with van der Waals surface area (Å²) in [7, 11) is 0. The second-order valence-corrected chi connectivity index (χ2v) is 10.6. The highest BCUT2D eigenvalue weighted by molar-refractivity contribution is 5.94. The van der Waals surface area contributed by atoms with E-state index in [9.17, 15) is 4.79 Å². The maximum absolute atomic E-state index is 13.4. The molecule has 1 amide bonds. The van der Waals surface area contributed by atoms with Crippen LogP contribution in [0.4, 0.5) is 11.4 Å². The maximum Gasteiger partial charge on any atom is 0.227 e. The lowest BCUT2D eigenvalue weighted by atomic mass is 9.91. The van der Waals surface area contributed by atoms with Crippen LogP contribution in [0.2, 0.25) is 0 Å². The van der Waals surface area contributed by atoms with E-state index in [-0.39, 0.29) is 5.91 Å². The van der Waals surface area contributed by atoms with Gasteiger partial charge in [-0.05, 0) is 54.7 Å². The van der Waals surface area contributed by atoms with Crippen molar-refractivity contribution in [3.05, 3.63) is 78.4 Å². The van der Waals surface area contributed by atoms with Crippen LogP contribution in [0.15, 0.2) is 72.8 Å². The number of hydrogen-bond acceptors (Lipinski definition) is 6. The zero-order chi connectivity index (χ0) is 26.4. The minimum Gasteiger partial charge on any atom is -0.494 e. The SMILES string of the molecule is O=C(CCCOc1ccccc1)N1CC(CN2CCN(c3cccc4c3OCCO4)CC2)Cc2ccccc21. The number of benzene rings is 3.